The summed E-state index contributed by atoms with van der Waals surface area (Å²) in [6.07, 6.45) is 3.78. The van der Waals surface area contributed by atoms with Gasteiger partial charge < -0.3 is 0 Å². The molecule has 0 bridgehead atoms. The molecule has 1 aliphatic rings. The quantitative estimate of drug-likeness (QED) is 0.534. The second-order valence-corrected chi connectivity index (χ2v) is 4.17. The van der Waals surface area contributed by atoms with E-state index in [1.165, 1.54) is 10.5 Å². The Kier molecular flexibility index (Phi) is 1.39. The van der Waals surface area contributed by atoms with Gasteiger partial charge in [0.15, 0.2) is 0 Å². The molecule has 0 radical (unpaired) electrons. The zero-order valence-electron chi connectivity index (χ0n) is 4.70. The average molecular weight is 155 g/mol. The van der Waals surface area contributed by atoms with E-state index in [-0.39, 0.29) is 0 Å². The fraction of sp³-hybridized carbons (Fsp3) is 0.167. The number of pyridine rings is 1. The fourth-order valence-electron chi connectivity index (χ4n) is 0.759. The molecule has 0 amide bonds. The Bertz CT molecular complexity index is 201. The maximum atomic E-state index is 4.02. The molecule has 2 rings (SSSR count). The van der Waals surface area contributed by atoms with Gasteiger partial charge in [-0.3, -0.25) is 4.98 Å². The lowest BCUT2D eigenvalue weighted by atomic mass is 10.3. The molecule has 0 saturated carbocycles. The second-order valence-electron chi connectivity index (χ2n) is 1.83. The van der Waals surface area contributed by atoms with Crippen molar-refractivity contribution in [2.75, 3.05) is 0 Å². The van der Waals surface area contributed by atoms with Crippen molar-refractivity contribution in [3.63, 3.8) is 0 Å². The lowest BCUT2D eigenvalue weighted by molar-refractivity contribution is 1.18. The first kappa shape index (κ1) is 5.62. The van der Waals surface area contributed by atoms with Crippen LogP contribution in [0.2, 0.25) is 0 Å². The number of hydrogen-bond acceptors (Lipinski definition) is 3. The van der Waals surface area contributed by atoms with Crippen molar-refractivity contribution < 1.29 is 0 Å². The molecule has 0 fully saturated rings. The molecule has 1 aromatic heterocycles. The van der Waals surface area contributed by atoms with Gasteiger partial charge in [-0.25, -0.2) is 0 Å². The Morgan fingerprint density at radius 2 is 2.56 bits per heavy atom. The van der Waals surface area contributed by atoms with E-state index in [4.69, 9.17) is 0 Å². The van der Waals surface area contributed by atoms with E-state index in [0.717, 1.165) is 5.75 Å². The maximum Gasteiger partial charge on any atom is 0.0415 e. The molecular weight excluding hydrogens is 150 g/mol. The topological polar surface area (TPSA) is 12.9 Å². The maximum absolute atomic E-state index is 4.02. The Hall–Kier alpha value is -0.150. The van der Waals surface area contributed by atoms with Crippen LogP contribution in [0.1, 0.15) is 5.56 Å². The van der Waals surface area contributed by atoms with E-state index >= 15 is 0 Å². The Labute approximate surface area is 61.7 Å². The zero-order valence-corrected chi connectivity index (χ0v) is 6.34. The van der Waals surface area contributed by atoms with Crippen molar-refractivity contribution in [1.29, 1.82) is 0 Å². The molecular formula is C6H5NS2. The molecule has 2 heterocycles. The summed E-state index contributed by atoms with van der Waals surface area (Å²) in [6, 6.07) is 2.09. The van der Waals surface area contributed by atoms with Gasteiger partial charge in [0.05, 0.1) is 0 Å². The summed E-state index contributed by atoms with van der Waals surface area (Å²) in [6.45, 7) is 0. The lowest BCUT2D eigenvalue weighted by Crippen LogP contribution is -1.77. The Balaban J connectivity index is 2.54. The molecule has 0 unspecified atom stereocenters. The molecule has 0 aliphatic carbocycles. The molecule has 46 valence electrons. The second kappa shape index (κ2) is 2.23. The van der Waals surface area contributed by atoms with Crippen LogP contribution in [0.5, 0.6) is 0 Å². The van der Waals surface area contributed by atoms with Gasteiger partial charge in [-0.1, -0.05) is 21.6 Å². The van der Waals surface area contributed by atoms with Crippen molar-refractivity contribution in [3.8, 4) is 0 Å². The smallest absolute Gasteiger partial charge is 0.0415 e. The average Bonchev–Trinajstić information content (AvgIpc) is 2.33. The van der Waals surface area contributed by atoms with Gasteiger partial charge in [-0.05, 0) is 11.6 Å². The molecule has 1 aromatic rings. The molecule has 1 nitrogen and oxygen atoms in total. The highest BCUT2D eigenvalue weighted by molar-refractivity contribution is 8.76. The predicted octanol–water partition coefficient (Wildman–Crippen LogP) is 2.34. The van der Waals surface area contributed by atoms with Gasteiger partial charge in [0, 0.05) is 23.0 Å². The minimum atomic E-state index is 1.14. The lowest BCUT2D eigenvalue weighted by Gasteiger charge is -1.89. The summed E-state index contributed by atoms with van der Waals surface area (Å²) >= 11 is 0. The van der Waals surface area contributed by atoms with Crippen molar-refractivity contribution >= 4 is 21.6 Å². The highest BCUT2D eigenvalue weighted by Gasteiger charge is 2.09. The summed E-state index contributed by atoms with van der Waals surface area (Å²) < 4.78 is 0. The van der Waals surface area contributed by atoms with Crippen LogP contribution in [0.15, 0.2) is 23.4 Å². The van der Waals surface area contributed by atoms with Gasteiger partial charge in [0.25, 0.3) is 0 Å². The third-order valence-corrected chi connectivity index (χ3v) is 3.57. The van der Waals surface area contributed by atoms with Crippen LogP contribution >= 0.6 is 21.6 Å². The first-order valence-corrected chi connectivity index (χ1v) is 5.01. The normalized spacial score (nSPS) is 15.6. The monoisotopic (exact) mass is 155 g/mol. The SMILES string of the molecule is c1cc2c(cn1)SSC2. The molecule has 9 heavy (non-hydrogen) atoms. The summed E-state index contributed by atoms with van der Waals surface area (Å²) in [5, 5.41) is 0. The van der Waals surface area contributed by atoms with Gasteiger partial charge in [0.1, 0.15) is 0 Å². The first-order chi connectivity index (χ1) is 4.47. The molecule has 0 N–H and O–H groups in total. The van der Waals surface area contributed by atoms with Crippen molar-refractivity contribution in [2.45, 2.75) is 10.6 Å². The third-order valence-electron chi connectivity index (χ3n) is 1.23. The van der Waals surface area contributed by atoms with Gasteiger partial charge in [-0.15, -0.1) is 0 Å². The predicted molar refractivity (Wildman–Crippen MR) is 41.4 cm³/mol. The van der Waals surface area contributed by atoms with Crippen molar-refractivity contribution in [2.24, 2.45) is 0 Å². The highest BCUT2D eigenvalue weighted by Crippen LogP contribution is 2.43. The number of fused-ring (bicyclic) bond motifs is 1. The molecule has 0 atom stereocenters. The molecule has 0 saturated heterocycles. The van der Waals surface area contributed by atoms with Crippen LogP contribution in [-0.2, 0) is 5.75 Å². The van der Waals surface area contributed by atoms with E-state index in [2.05, 4.69) is 11.1 Å². The van der Waals surface area contributed by atoms with Crippen molar-refractivity contribution in [1.82, 2.24) is 4.98 Å². The number of aromatic nitrogens is 1. The number of hydrogen-bond donors (Lipinski definition) is 0. The number of rotatable bonds is 0. The Morgan fingerprint density at radius 3 is 3.44 bits per heavy atom. The van der Waals surface area contributed by atoms with Crippen LogP contribution in [0.25, 0.3) is 0 Å². The molecule has 3 heteroatoms. The standard InChI is InChI=1S/C6H5NS2/c1-2-7-3-6-5(1)4-8-9-6/h1-3H,4H2. The third kappa shape index (κ3) is 0.946. The molecule has 0 aromatic carbocycles. The van der Waals surface area contributed by atoms with Gasteiger partial charge in [0.2, 0.25) is 0 Å². The van der Waals surface area contributed by atoms with E-state index in [1.807, 2.05) is 34.0 Å². The van der Waals surface area contributed by atoms with Gasteiger partial charge in [-0.2, -0.15) is 0 Å². The van der Waals surface area contributed by atoms with E-state index in [9.17, 15) is 0 Å². The number of nitrogens with zero attached hydrogens (tertiary/aromatic N) is 1. The van der Waals surface area contributed by atoms with E-state index < -0.39 is 0 Å². The van der Waals surface area contributed by atoms with E-state index in [0.29, 0.717) is 0 Å². The summed E-state index contributed by atoms with van der Waals surface area (Å²) in [5.74, 6) is 1.14. The highest BCUT2D eigenvalue weighted by atomic mass is 33.1. The van der Waals surface area contributed by atoms with Crippen LogP contribution in [0.4, 0.5) is 0 Å². The fourth-order valence-corrected chi connectivity index (χ4v) is 3.16. The minimum absolute atomic E-state index is 1.14. The largest absolute Gasteiger partial charge is 0.264 e. The van der Waals surface area contributed by atoms with Crippen LogP contribution < -0.4 is 0 Å². The van der Waals surface area contributed by atoms with Crippen LogP contribution in [0, 0.1) is 0 Å². The van der Waals surface area contributed by atoms with Crippen molar-refractivity contribution in [3.05, 3.63) is 24.0 Å². The van der Waals surface area contributed by atoms with Crippen LogP contribution in [-0.4, -0.2) is 4.98 Å². The molecule has 0 spiro atoms. The van der Waals surface area contributed by atoms with E-state index in [1.54, 1.807) is 0 Å². The molecule has 1 aliphatic heterocycles. The van der Waals surface area contributed by atoms with Crippen LogP contribution in [0.3, 0.4) is 0 Å². The summed E-state index contributed by atoms with van der Waals surface area (Å²) in [4.78, 5) is 5.36. The summed E-state index contributed by atoms with van der Waals surface area (Å²) in [7, 11) is 3.70. The zero-order chi connectivity index (χ0) is 6.10. The Morgan fingerprint density at radius 1 is 1.56 bits per heavy atom. The first-order valence-electron chi connectivity index (χ1n) is 2.69. The minimum Gasteiger partial charge on any atom is -0.264 e. The summed E-state index contributed by atoms with van der Waals surface area (Å²) in [5.41, 5.74) is 1.43. The van der Waals surface area contributed by atoms with Gasteiger partial charge >= 0.3 is 0 Å².